The summed E-state index contributed by atoms with van der Waals surface area (Å²) < 4.78 is 5.41. The fourth-order valence-electron chi connectivity index (χ4n) is 1.33. The van der Waals surface area contributed by atoms with Crippen molar-refractivity contribution in [2.45, 2.75) is 25.8 Å². The largest absolute Gasteiger partial charge is 0.481 e. The maximum Gasteiger partial charge on any atom is 0.305 e. The summed E-state index contributed by atoms with van der Waals surface area (Å²) in [5.41, 5.74) is -0.639. The van der Waals surface area contributed by atoms with Crippen LogP contribution < -0.4 is 5.32 Å². The van der Waals surface area contributed by atoms with Gasteiger partial charge >= 0.3 is 5.97 Å². The Hall–Kier alpha value is -1.29. The lowest BCUT2D eigenvalue weighted by Gasteiger charge is -2.24. The predicted molar refractivity (Wildman–Crippen MR) is 52.1 cm³/mol. The van der Waals surface area contributed by atoms with E-state index in [0.29, 0.717) is 5.76 Å². The fourth-order valence-corrected chi connectivity index (χ4v) is 1.33. The van der Waals surface area contributed by atoms with Crippen molar-refractivity contribution in [3.8, 4) is 0 Å². The SMILES string of the molecule is CNC(C)(CC(=O)O)c1ccc(C)o1. The molecule has 0 aliphatic heterocycles. The second kappa shape index (κ2) is 3.84. The van der Waals surface area contributed by atoms with E-state index in [1.165, 1.54) is 0 Å². The highest BCUT2D eigenvalue weighted by atomic mass is 16.4. The number of hydrogen-bond donors (Lipinski definition) is 2. The summed E-state index contributed by atoms with van der Waals surface area (Å²) in [6, 6.07) is 3.63. The predicted octanol–water partition coefficient (Wildman–Crippen LogP) is 1.50. The number of carboxylic acid groups (broad SMARTS) is 1. The normalized spacial score (nSPS) is 15.1. The van der Waals surface area contributed by atoms with E-state index in [4.69, 9.17) is 9.52 Å². The second-order valence-electron chi connectivity index (χ2n) is 3.56. The molecule has 0 saturated heterocycles. The molecule has 1 aromatic heterocycles. The Balaban J connectivity index is 2.94. The van der Waals surface area contributed by atoms with Crippen LogP contribution in [0.15, 0.2) is 16.5 Å². The van der Waals surface area contributed by atoms with Gasteiger partial charge in [-0.1, -0.05) is 0 Å². The third-order valence-corrected chi connectivity index (χ3v) is 2.34. The van der Waals surface area contributed by atoms with E-state index >= 15 is 0 Å². The van der Waals surface area contributed by atoms with Gasteiger partial charge in [0.25, 0.3) is 0 Å². The number of hydrogen-bond acceptors (Lipinski definition) is 3. The number of aryl methyl sites for hydroxylation is 1. The van der Waals surface area contributed by atoms with E-state index in [0.717, 1.165) is 5.76 Å². The molecule has 0 aliphatic rings. The molecule has 1 atom stereocenters. The van der Waals surface area contributed by atoms with Crippen LogP contribution in [-0.4, -0.2) is 18.1 Å². The topological polar surface area (TPSA) is 62.5 Å². The number of carboxylic acids is 1. The molecule has 4 heteroatoms. The summed E-state index contributed by atoms with van der Waals surface area (Å²) in [7, 11) is 1.72. The first kappa shape index (κ1) is 10.8. The van der Waals surface area contributed by atoms with Crippen molar-refractivity contribution in [2.24, 2.45) is 0 Å². The molecule has 4 nitrogen and oxygen atoms in total. The molecule has 0 amide bonds. The van der Waals surface area contributed by atoms with Gasteiger partial charge in [0.1, 0.15) is 11.5 Å². The van der Waals surface area contributed by atoms with Crippen molar-refractivity contribution in [3.63, 3.8) is 0 Å². The standard InChI is InChI=1S/C10H15NO3/c1-7-4-5-8(14-7)10(2,11-3)6-9(12)13/h4-5,11H,6H2,1-3H3,(H,12,13). The van der Waals surface area contributed by atoms with Crippen LogP contribution >= 0.6 is 0 Å². The van der Waals surface area contributed by atoms with E-state index in [1.54, 1.807) is 20.0 Å². The molecule has 0 aliphatic carbocycles. The van der Waals surface area contributed by atoms with Crippen molar-refractivity contribution < 1.29 is 14.3 Å². The van der Waals surface area contributed by atoms with Crippen molar-refractivity contribution in [1.82, 2.24) is 5.32 Å². The zero-order valence-electron chi connectivity index (χ0n) is 8.63. The zero-order chi connectivity index (χ0) is 10.8. The van der Waals surface area contributed by atoms with Gasteiger partial charge in [-0.3, -0.25) is 4.79 Å². The molecule has 14 heavy (non-hydrogen) atoms. The summed E-state index contributed by atoms with van der Waals surface area (Å²) in [6.07, 6.45) is -0.00352. The Morgan fingerprint density at radius 2 is 2.29 bits per heavy atom. The van der Waals surface area contributed by atoms with Gasteiger partial charge < -0.3 is 14.8 Å². The van der Waals surface area contributed by atoms with Crippen LogP contribution in [0.25, 0.3) is 0 Å². The summed E-state index contributed by atoms with van der Waals surface area (Å²) in [4.78, 5) is 10.7. The molecular weight excluding hydrogens is 182 g/mol. The van der Waals surface area contributed by atoms with Crippen LogP contribution in [0.2, 0.25) is 0 Å². The van der Waals surface area contributed by atoms with Gasteiger partial charge in [-0.15, -0.1) is 0 Å². The van der Waals surface area contributed by atoms with Gasteiger partial charge in [-0.2, -0.15) is 0 Å². The maximum atomic E-state index is 10.7. The lowest BCUT2D eigenvalue weighted by atomic mass is 9.95. The van der Waals surface area contributed by atoms with E-state index in [9.17, 15) is 4.79 Å². The minimum atomic E-state index is -0.851. The van der Waals surface area contributed by atoms with Gasteiger partial charge in [0.05, 0.1) is 12.0 Å². The molecule has 0 fully saturated rings. The summed E-state index contributed by atoms with van der Waals surface area (Å²) >= 11 is 0. The van der Waals surface area contributed by atoms with Crippen LogP contribution in [0.1, 0.15) is 24.9 Å². The first-order chi connectivity index (χ1) is 6.48. The van der Waals surface area contributed by atoms with Crippen molar-refractivity contribution >= 4 is 5.97 Å². The average molecular weight is 197 g/mol. The zero-order valence-corrected chi connectivity index (χ0v) is 8.63. The monoisotopic (exact) mass is 197 g/mol. The van der Waals surface area contributed by atoms with Crippen LogP contribution in [-0.2, 0) is 10.3 Å². The number of aliphatic carboxylic acids is 1. The maximum absolute atomic E-state index is 10.7. The molecule has 1 rings (SSSR count). The summed E-state index contributed by atoms with van der Waals surface area (Å²) in [5, 5.41) is 11.7. The second-order valence-corrected chi connectivity index (χ2v) is 3.56. The molecule has 1 aromatic rings. The van der Waals surface area contributed by atoms with E-state index < -0.39 is 11.5 Å². The number of furan rings is 1. The average Bonchev–Trinajstić information content (AvgIpc) is 2.51. The third kappa shape index (κ3) is 2.14. The number of nitrogens with one attached hydrogen (secondary N) is 1. The highest BCUT2D eigenvalue weighted by Gasteiger charge is 2.30. The van der Waals surface area contributed by atoms with Crippen LogP contribution in [0, 0.1) is 6.92 Å². The molecule has 0 aromatic carbocycles. The van der Waals surface area contributed by atoms with Gasteiger partial charge in [0.2, 0.25) is 0 Å². The van der Waals surface area contributed by atoms with Crippen LogP contribution in [0.3, 0.4) is 0 Å². The first-order valence-electron chi connectivity index (χ1n) is 4.45. The molecule has 2 N–H and O–H groups in total. The molecule has 0 spiro atoms. The molecule has 0 radical (unpaired) electrons. The number of rotatable bonds is 4. The third-order valence-electron chi connectivity index (χ3n) is 2.34. The fraction of sp³-hybridized carbons (Fsp3) is 0.500. The van der Waals surface area contributed by atoms with E-state index in [1.807, 2.05) is 13.0 Å². The van der Waals surface area contributed by atoms with Crippen molar-refractivity contribution in [2.75, 3.05) is 7.05 Å². The first-order valence-corrected chi connectivity index (χ1v) is 4.45. The Bertz CT molecular complexity index is 332. The summed E-state index contributed by atoms with van der Waals surface area (Å²) in [6.45, 7) is 3.64. The molecule has 0 saturated carbocycles. The Morgan fingerprint density at radius 3 is 2.64 bits per heavy atom. The Kier molecular flexibility index (Phi) is 2.96. The minimum absolute atomic E-state index is 0.00352. The molecule has 1 unspecified atom stereocenters. The molecule has 1 heterocycles. The van der Waals surface area contributed by atoms with Crippen molar-refractivity contribution in [3.05, 3.63) is 23.7 Å². The lowest BCUT2D eigenvalue weighted by Crippen LogP contribution is -2.38. The molecular formula is C10H15NO3. The van der Waals surface area contributed by atoms with Gasteiger partial charge in [0.15, 0.2) is 0 Å². The van der Waals surface area contributed by atoms with Crippen LogP contribution in [0.4, 0.5) is 0 Å². The van der Waals surface area contributed by atoms with Crippen LogP contribution in [0.5, 0.6) is 0 Å². The van der Waals surface area contributed by atoms with Gasteiger partial charge in [-0.25, -0.2) is 0 Å². The highest BCUT2D eigenvalue weighted by Crippen LogP contribution is 2.25. The minimum Gasteiger partial charge on any atom is -0.481 e. The highest BCUT2D eigenvalue weighted by molar-refractivity contribution is 5.68. The van der Waals surface area contributed by atoms with E-state index in [-0.39, 0.29) is 6.42 Å². The van der Waals surface area contributed by atoms with Gasteiger partial charge in [-0.05, 0) is 33.0 Å². The lowest BCUT2D eigenvalue weighted by molar-refractivity contribution is -0.138. The van der Waals surface area contributed by atoms with Crippen molar-refractivity contribution in [1.29, 1.82) is 0 Å². The number of carbonyl (C=O) groups is 1. The summed E-state index contributed by atoms with van der Waals surface area (Å²) in [5.74, 6) is 0.586. The smallest absolute Gasteiger partial charge is 0.305 e. The van der Waals surface area contributed by atoms with Gasteiger partial charge in [0, 0.05) is 0 Å². The van der Waals surface area contributed by atoms with E-state index in [2.05, 4.69) is 5.32 Å². The Morgan fingerprint density at radius 1 is 1.64 bits per heavy atom. The Labute approximate surface area is 82.9 Å². The molecule has 0 bridgehead atoms. The molecule has 78 valence electrons. The quantitative estimate of drug-likeness (QED) is 0.767.